The third kappa shape index (κ3) is 3.87. The molecule has 1 rings (SSSR count). The van der Waals surface area contributed by atoms with E-state index in [0.717, 1.165) is 0 Å². The molecule has 24 heavy (non-hydrogen) atoms. The highest BCUT2D eigenvalue weighted by Gasteiger charge is 2.81. The van der Waals surface area contributed by atoms with Gasteiger partial charge in [-0.1, -0.05) is 36.9 Å². The van der Waals surface area contributed by atoms with Crippen LogP contribution in [0.1, 0.15) is 17.5 Å². The van der Waals surface area contributed by atoms with E-state index < -0.39 is 30.4 Å². The molecule has 1 aromatic rings. The number of rotatable bonds is 7. The van der Waals surface area contributed by atoms with E-state index in [1.54, 1.807) is 12.1 Å². The van der Waals surface area contributed by atoms with Crippen LogP contribution in [-0.2, 0) is 6.42 Å². The molecule has 1 radical (unpaired) electrons. The molecule has 0 unspecified atom stereocenters. The maximum Gasteiger partial charge on any atom is 0.460 e. The fraction of sp³-hybridized carbons (Fsp3) is 0.400. The third-order valence-corrected chi connectivity index (χ3v) is 3.21. The highest BCUT2D eigenvalue weighted by molar-refractivity contribution is 5.47. The summed E-state index contributed by atoms with van der Waals surface area (Å²) in [5, 5.41) is 0. The monoisotopic (exact) mass is 363 g/mol. The van der Waals surface area contributed by atoms with Gasteiger partial charge in [0.25, 0.3) is 0 Å². The van der Waals surface area contributed by atoms with Crippen molar-refractivity contribution in [2.24, 2.45) is 0 Å². The van der Waals surface area contributed by atoms with Gasteiger partial charge >= 0.3 is 23.9 Å². The number of benzene rings is 1. The SMILES string of the molecule is C=Cc1ccc(C[CH]CC(F)(F)C(F)(F)C(F)(F)C(F)(F)F)cc1. The van der Waals surface area contributed by atoms with Gasteiger partial charge in [0, 0.05) is 6.42 Å². The van der Waals surface area contributed by atoms with Gasteiger partial charge in [-0.15, -0.1) is 0 Å². The van der Waals surface area contributed by atoms with Gasteiger partial charge in [0.1, 0.15) is 0 Å². The fourth-order valence-corrected chi connectivity index (χ4v) is 1.75. The Morgan fingerprint density at radius 3 is 1.71 bits per heavy atom. The van der Waals surface area contributed by atoms with Gasteiger partial charge in [-0.3, -0.25) is 0 Å². The Bertz CT molecular complexity index is 555. The van der Waals surface area contributed by atoms with Crippen molar-refractivity contribution >= 4 is 6.08 Å². The van der Waals surface area contributed by atoms with Gasteiger partial charge in [0.15, 0.2) is 0 Å². The van der Waals surface area contributed by atoms with Crippen LogP contribution in [0, 0.1) is 6.42 Å². The van der Waals surface area contributed by atoms with Gasteiger partial charge in [-0.25, -0.2) is 0 Å². The van der Waals surface area contributed by atoms with Gasteiger partial charge in [-0.2, -0.15) is 39.5 Å². The van der Waals surface area contributed by atoms with E-state index in [-0.39, 0.29) is 6.42 Å². The average molecular weight is 363 g/mol. The van der Waals surface area contributed by atoms with Crippen molar-refractivity contribution in [1.82, 2.24) is 0 Å². The quantitative estimate of drug-likeness (QED) is 0.527. The summed E-state index contributed by atoms with van der Waals surface area (Å²) in [6.07, 6.45) is -7.01. The molecular weight excluding hydrogens is 351 g/mol. The van der Waals surface area contributed by atoms with E-state index in [1.807, 2.05) is 0 Å². The Kier molecular flexibility index (Phi) is 5.67. The minimum Gasteiger partial charge on any atom is -0.200 e. The van der Waals surface area contributed by atoms with Crippen LogP contribution in [0.15, 0.2) is 30.8 Å². The topological polar surface area (TPSA) is 0 Å². The first-order chi connectivity index (χ1) is 10.8. The molecule has 0 spiro atoms. The van der Waals surface area contributed by atoms with Crippen molar-refractivity contribution in [2.75, 3.05) is 0 Å². The first-order valence-electron chi connectivity index (χ1n) is 6.49. The zero-order chi connectivity index (χ0) is 18.8. The predicted octanol–water partition coefficient (Wildman–Crippen LogP) is 5.93. The lowest BCUT2D eigenvalue weighted by molar-refractivity contribution is -0.395. The van der Waals surface area contributed by atoms with Crippen LogP contribution in [-0.4, -0.2) is 23.9 Å². The van der Waals surface area contributed by atoms with E-state index in [2.05, 4.69) is 6.58 Å². The molecule has 1 aromatic carbocycles. The highest BCUT2D eigenvalue weighted by Crippen LogP contribution is 2.54. The van der Waals surface area contributed by atoms with Gasteiger partial charge in [0.05, 0.1) is 0 Å². The Morgan fingerprint density at radius 1 is 0.792 bits per heavy atom. The number of hydrogen-bond donors (Lipinski definition) is 0. The molecule has 0 heterocycles. The average Bonchev–Trinajstić information content (AvgIpc) is 2.46. The molecule has 0 saturated carbocycles. The lowest BCUT2D eigenvalue weighted by atomic mass is 9.97. The van der Waals surface area contributed by atoms with Crippen LogP contribution in [0.3, 0.4) is 0 Å². The second-order valence-electron chi connectivity index (χ2n) is 4.99. The second kappa shape index (κ2) is 6.68. The van der Waals surface area contributed by atoms with Crippen molar-refractivity contribution < 1.29 is 39.5 Å². The maximum atomic E-state index is 13.3. The summed E-state index contributed by atoms with van der Waals surface area (Å²) >= 11 is 0. The summed E-state index contributed by atoms with van der Waals surface area (Å²) in [4.78, 5) is 0. The summed E-state index contributed by atoms with van der Waals surface area (Å²) in [7, 11) is 0. The van der Waals surface area contributed by atoms with Crippen LogP contribution in [0.4, 0.5) is 39.5 Å². The fourth-order valence-electron chi connectivity index (χ4n) is 1.75. The predicted molar refractivity (Wildman–Crippen MR) is 70.0 cm³/mol. The highest BCUT2D eigenvalue weighted by atomic mass is 19.4. The van der Waals surface area contributed by atoms with Crippen molar-refractivity contribution in [2.45, 2.75) is 36.8 Å². The number of hydrogen-bond acceptors (Lipinski definition) is 0. The van der Waals surface area contributed by atoms with Gasteiger partial charge in [-0.05, 0) is 24.0 Å². The zero-order valence-corrected chi connectivity index (χ0v) is 12.0. The van der Waals surface area contributed by atoms with Crippen LogP contribution in [0.2, 0.25) is 0 Å². The summed E-state index contributed by atoms with van der Waals surface area (Å²) in [5.74, 6) is -19.0. The first-order valence-corrected chi connectivity index (χ1v) is 6.49. The largest absolute Gasteiger partial charge is 0.460 e. The molecule has 0 aliphatic carbocycles. The Morgan fingerprint density at radius 2 is 1.29 bits per heavy atom. The minimum atomic E-state index is -6.84. The molecule has 0 bridgehead atoms. The molecular formula is C15H12F9. The standard InChI is InChI=1S/C15H12F9/c1-2-10-5-7-11(8-6-10)4-3-9-12(16,17)13(18,19)14(20,21)15(22,23)24/h2-3,5-8H,1,4,9H2. The van der Waals surface area contributed by atoms with E-state index in [1.165, 1.54) is 18.2 Å². The molecule has 0 aliphatic heterocycles. The second-order valence-corrected chi connectivity index (χ2v) is 4.99. The minimum absolute atomic E-state index is 0.305. The van der Waals surface area contributed by atoms with Crippen molar-refractivity contribution in [3.05, 3.63) is 48.4 Å². The maximum absolute atomic E-state index is 13.3. The molecule has 0 atom stereocenters. The summed E-state index contributed by atoms with van der Waals surface area (Å²) in [6.45, 7) is 3.47. The van der Waals surface area contributed by atoms with E-state index in [0.29, 0.717) is 17.5 Å². The normalized spacial score (nSPS) is 13.9. The van der Waals surface area contributed by atoms with Gasteiger partial charge < -0.3 is 0 Å². The van der Waals surface area contributed by atoms with Crippen LogP contribution < -0.4 is 0 Å². The van der Waals surface area contributed by atoms with Crippen LogP contribution in [0.5, 0.6) is 0 Å². The molecule has 0 nitrogen and oxygen atoms in total. The molecule has 135 valence electrons. The zero-order valence-electron chi connectivity index (χ0n) is 12.0. The lowest BCUT2D eigenvalue weighted by Gasteiger charge is -2.33. The summed E-state index contributed by atoms with van der Waals surface area (Å²) in [6, 6.07) is 5.99. The Balaban J connectivity index is 2.79. The molecule has 9 heteroatoms. The summed E-state index contributed by atoms with van der Waals surface area (Å²) in [5.41, 5.74) is 1.09. The number of alkyl halides is 9. The van der Waals surface area contributed by atoms with E-state index in [9.17, 15) is 39.5 Å². The van der Waals surface area contributed by atoms with Crippen LogP contribution >= 0.6 is 0 Å². The molecule has 0 aromatic heterocycles. The molecule has 0 N–H and O–H groups in total. The Hall–Kier alpha value is -1.67. The van der Waals surface area contributed by atoms with Gasteiger partial charge in [0.2, 0.25) is 0 Å². The molecule has 0 fully saturated rings. The Labute approximate surface area is 132 Å². The first kappa shape index (κ1) is 20.4. The molecule has 0 amide bonds. The van der Waals surface area contributed by atoms with Crippen LogP contribution in [0.25, 0.3) is 6.08 Å². The third-order valence-electron chi connectivity index (χ3n) is 3.21. The van der Waals surface area contributed by atoms with Crippen molar-refractivity contribution in [1.29, 1.82) is 0 Å². The molecule has 0 saturated heterocycles. The summed E-state index contributed by atoms with van der Waals surface area (Å²) < 4.78 is 114. The smallest absolute Gasteiger partial charge is 0.200 e. The lowest BCUT2D eigenvalue weighted by Crippen LogP contribution is -2.60. The van der Waals surface area contributed by atoms with E-state index in [4.69, 9.17) is 0 Å². The van der Waals surface area contributed by atoms with Crippen molar-refractivity contribution in [3.8, 4) is 0 Å². The van der Waals surface area contributed by atoms with E-state index >= 15 is 0 Å². The number of halogens is 9. The van der Waals surface area contributed by atoms with Crippen molar-refractivity contribution in [3.63, 3.8) is 0 Å². The molecule has 0 aliphatic rings.